The Bertz CT molecular complexity index is 611. The molecule has 2 atom stereocenters. The summed E-state index contributed by atoms with van der Waals surface area (Å²) in [6.45, 7) is 4.64. The zero-order chi connectivity index (χ0) is 18.0. The molecule has 2 heterocycles. The van der Waals surface area contributed by atoms with Crippen molar-refractivity contribution in [2.45, 2.75) is 38.3 Å². The van der Waals surface area contributed by atoms with Gasteiger partial charge in [0.25, 0.3) is 0 Å². The van der Waals surface area contributed by atoms with E-state index < -0.39 is 0 Å². The molecular formula is C20H29N3O2. The second-order valence-corrected chi connectivity index (χ2v) is 7.52. The van der Waals surface area contributed by atoms with Gasteiger partial charge in [0.2, 0.25) is 11.8 Å². The number of piperidine rings is 1. The number of rotatable bonds is 4. The molecule has 0 aliphatic carbocycles. The number of hydrogen-bond donors (Lipinski definition) is 0. The second-order valence-electron chi connectivity index (χ2n) is 7.52. The van der Waals surface area contributed by atoms with Crippen molar-refractivity contribution in [1.29, 1.82) is 0 Å². The Morgan fingerprint density at radius 2 is 1.84 bits per heavy atom. The maximum atomic E-state index is 12.9. The van der Waals surface area contributed by atoms with Crippen LogP contribution in [-0.4, -0.2) is 66.3 Å². The first kappa shape index (κ1) is 17.9. The van der Waals surface area contributed by atoms with Gasteiger partial charge >= 0.3 is 0 Å². The van der Waals surface area contributed by atoms with E-state index in [9.17, 15) is 9.59 Å². The SMILES string of the molecule is CC(c1ccccc1)N1CC(C(=O)N(C)C2CCN(C)CC2)CC1=O. The molecule has 2 unspecified atom stereocenters. The predicted molar refractivity (Wildman–Crippen MR) is 98.0 cm³/mol. The van der Waals surface area contributed by atoms with Crippen molar-refractivity contribution in [2.24, 2.45) is 5.92 Å². The third kappa shape index (κ3) is 3.87. The number of hydrogen-bond acceptors (Lipinski definition) is 3. The first-order valence-corrected chi connectivity index (χ1v) is 9.27. The fraction of sp³-hybridized carbons (Fsp3) is 0.600. The van der Waals surface area contributed by atoms with E-state index in [2.05, 4.69) is 11.9 Å². The average Bonchev–Trinajstić information content (AvgIpc) is 3.03. The summed E-state index contributed by atoms with van der Waals surface area (Å²) in [7, 11) is 4.03. The summed E-state index contributed by atoms with van der Waals surface area (Å²) in [5.41, 5.74) is 1.12. The molecule has 2 amide bonds. The van der Waals surface area contributed by atoms with Crippen LogP contribution >= 0.6 is 0 Å². The third-order valence-electron chi connectivity index (χ3n) is 5.84. The summed E-state index contributed by atoms with van der Waals surface area (Å²) in [5.74, 6) is 0.0143. The van der Waals surface area contributed by atoms with E-state index in [1.54, 1.807) is 0 Å². The number of amides is 2. The van der Waals surface area contributed by atoms with Crippen LogP contribution in [0.5, 0.6) is 0 Å². The van der Waals surface area contributed by atoms with E-state index in [1.165, 1.54) is 0 Å². The molecule has 1 aromatic rings. The maximum Gasteiger partial charge on any atom is 0.227 e. The summed E-state index contributed by atoms with van der Waals surface area (Å²) in [6.07, 6.45) is 2.38. The minimum Gasteiger partial charge on any atom is -0.342 e. The third-order valence-corrected chi connectivity index (χ3v) is 5.84. The Morgan fingerprint density at radius 1 is 1.20 bits per heavy atom. The minimum atomic E-state index is -0.205. The van der Waals surface area contributed by atoms with Gasteiger partial charge in [0.15, 0.2) is 0 Å². The van der Waals surface area contributed by atoms with Gasteiger partial charge < -0.3 is 14.7 Å². The zero-order valence-corrected chi connectivity index (χ0v) is 15.5. The minimum absolute atomic E-state index is 0.0140. The standard InChI is InChI=1S/C20H29N3O2/c1-15(16-7-5-4-6-8-16)23-14-17(13-19(23)24)20(25)22(3)18-9-11-21(2)12-10-18/h4-8,15,17-18H,9-14H2,1-3H3. The Kier molecular flexibility index (Phi) is 5.42. The van der Waals surface area contributed by atoms with Crippen LogP contribution < -0.4 is 0 Å². The average molecular weight is 343 g/mol. The first-order chi connectivity index (χ1) is 12.0. The maximum absolute atomic E-state index is 12.9. The lowest BCUT2D eigenvalue weighted by Crippen LogP contribution is -2.46. The van der Waals surface area contributed by atoms with Gasteiger partial charge in [0.1, 0.15) is 0 Å². The van der Waals surface area contributed by atoms with Gasteiger partial charge in [0.05, 0.1) is 12.0 Å². The molecule has 2 fully saturated rings. The van der Waals surface area contributed by atoms with E-state index in [4.69, 9.17) is 0 Å². The fourth-order valence-electron chi connectivity index (χ4n) is 4.03. The van der Waals surface area contributed by atoms with Gasteiger partial charge in [-0.05, 0) is 45.5 Å². The summed E-state index contributed by atoms with van der Waals surface area (Å²) >= 11 is 0. The van der Waals surface area contributed by atoms with Crippen molar-refractivity contribution < 1.29 is 9.59 Å². The molecule has 25 heavy (non-hydrogen) atoms. The largest absolute Gasteiger partial charge is 0.342 e. The predicted octanol–water partition coefficient (Wildman–Crippen LogP) is 2.15. The number of nitrogens with zero attached hydrogens (tertiary/aromatic N) is 3. The lowest BCUT2D eigenvalue weighted by atomic mass is 10.0. The molecule has 0 spiro atoms. The van der Waals surface area contributed by atoms with Crippen LogP contribution in [0, 0.1) is 5.92 Å². The Balaban J connectivity index is 1.62. The summed E-state index contributed by atoms with van der Waals surface area (Å²) < 4.78 is 0. The molecule has 5 nitrogen and oxygen atoms in total. The van der Waals surface area contributed by atoms with Crippen molar-refractivity contribution in [3.05, 3.63) is 35.9 Å². The van der Waals surface area contributed by atoms with Crippen molar-refractivity contribution in [3.8, 4) is 0 Å². The highest BCUT2D eigenvalue weighted by Crippen LogP contribution is 2.30. The number of likely N-dealkylation sites (tertiary alicyclic amines) is 2. The summed E-state index contributed by atoms with van der Waals surface area (Å²) in [5, 5.41) is 0. The molecular weight excluding hydrogens is 314 g/mol. The van der Waals surface area contributed by atoms with Crippen LogP contribution in [0.25, 0.3) is 0 Å². The van der Waals surface area contributed by atoms with E-state index in [-0.39, 0.29) is 23.8 Å². The van der Waals surface area contributed by atoms with Crippen molar-refractivity contribution >= 4 is 11.8 Å². The van der Waals surface area contributed by atoms with Crippen molar-refractivity contribution in [1.82, 2.24) is 14.7 Å². The van der Waals surface area contributed by atoms with Crippen LogP contribution in [0.1, 0.15) is 37.8 Å². The number of benzene rings is 1. The molecule has 136 valence electrons. The van der Waals surface area contributed by atoms with Crippen LogP contribution in [-0.2, 0) is 9.59 Å². The van der Waals surface area contributed by atoms with Crippen LogP contribution in [0.4, 0.5) is 0 Å². The van der Waals surface area contributed by atoms with Crippen LogP contribution in [0.2, 0.25) is 0 Å². The van der Waals surface area contributed by atoms with Gasteiger partial charge in [-0.15, -0.1) is 0 Å². The molecule has 0 bridgehead atoms. The van der Waals surface area contributed by atoms with E-state index >= 15 is 0 Å². The van der Waals surface area contributed by atoms with Gasteiger partial charge in [-0.1, -0.05) is 30.3 Å². The molecule has 0 aromatic heterocycles. The van der Waals surface area contributed by atoms with Gasteiger partial charge in [0, 0.05) is 26.1 Å². The van der Waals surface area contributed by atoms with Gasteiger partial charge in [-0.25, -0.2) is 0 Å². The Morgan fingerprint density at radius 3 is 2.48 bits per heavy atom. The zero-order valence-electron chi connectivity index (χ0n) is 15.5. The van der Waals surface area contributed by atoms with Gasteiger partial charge in [-0.3, -0.25) is 9.59 Å². The topological polar surface area (TPSA) is 43.9 Å². The van der Waals surface area contributed by atoms with Crippen LogP contribution in [0.15, 0.2) is 30.3 Å². The Labute approximate surface area is 150 Å². The monoisotopic (exact) mass is 343 g/mol. The molecule has 2 aliphatic heterocycles. The molecule has 0 N–H and O–H groups in total. The lowest BCUT2D eigenvalue weighted by Gasteiger charge is -2.36. The fourth-order valence-corrected chi connectivity index (χ4v) is 4.03. The first-order valence-electron chi connectivity index (χ1n) is 9.27. The lowest BCUT2D eigenvalue weighted by molar-refractivity contribution is -0.137. The molecule has 2 saturated heterocycles. The highest BCUT2D eigenvalue weighted by molar-refractivity contribution is 5.89. The second kappa shape index (κ2) is 7.56. The van der Waals surface area contributed by atoms with Crippen LogP contribution in [0.3, 0.4) is 0 Å². The van der Waals surface area contributed by atoms with Gasteiger partial charge in [-0.2, -0.15) is 0 Å². The van der Waals surface area contributed by atoms with E-state index in [0.717, 1.165) is 31.5 Å². The molecule has 2 aliphatic rings. The van der Waals surface area contributed by atoms with Crippen molar-refractivity contribution in [3.63, 3.8) is 0 Å². The highest BCUT2D eigenvalue weighted by Gasteiger charge is 2.39. The number of carbonyl (C=O) groups excluding carboxylic acids is 2. The molecule has 5 heteroatoms. The Hall–Kier alpha value is -1.88. The summed E-state index contributed by atoms with van der Waals surface area (Å²) in [4.78, 5) is 31.5. The van der Waals surface area contributed by atoms with E-state index in [0.29, 0.717) is 19.0 Å². The normalized spacial score (nSPS) is 23.7. The molecule has 1 aromatic carbocycles. The molecule has 3 rings (SSSR count). The smallest absolute Gasteiger partial charge is 0.227 e. The highest BCUT2D eigenvalue weighted by atomic mass is 16.2. The molecule has 0 saturated carbocycles. The molecule has 0 radical (unpaired) electrons. The number of carbonyl (C=O) groups is 2. The summed E-state index contributed by atoms with van der Waals surface area (Å²) in [6, 6.07) is 10.4. The quantitative estimate of drug-likeness (QED) is 0.841. The van der Waals surface area contributed by atoms with Crippen molar-refractivity contribution in [2.75, 3.05) is 33.7 Å². The van der Waals surface area contributed by atoms with E-state index in [1.807, 2.05) is 54.1 Å².